The predicted octanol–water partition coefficient (Wildman–Crippen LogP) is 1.69. The molecule has 7 nitrogen and oxygen atoms in total. The zero-order chi connectivity index (χ0) is 16.1. The molecule has 116 valence electrons. The summed E-state index contributed by atoms with van der Waals surface area (Å²) in [4.78, 5) is 22.5. The Balaban J connectivity index is 2.24. The molecule has 8 heteroatoms. The Bertz CT molecular complexity index is 699. The average molecular weight is 323 g/mol. The molecule has 0 aliphatic rings. The second-order valence-electron chi connectivity index (χ2n) is 4.53. The zero-order valence-electron chi connectivity index (χ0n) is 11.9. The second kappa shape index (κ2) is 7.04. The Hall–Kier alpha value is -2.41. The standard InChI is InChI=1S/C14H15ClN4O3/c1-2-11-13(14(22)16-7-6-12(20)21)17-18-19(11)10-5-3-4-9(15)8-10/h3-5,8H,2,6-7H2,1H3,(H,16,22)(H,20,21). The Kier molecular flexibility index (Phi) is 5.11. The van der Waals surface area contributed by atoms with Crippen molar-refractivity contribution in [1.82, 2.24) is 20.3 Å². The van der Waals surface area contributed by atoms with Crippen molar-refractivity contribution < 1.29 is 14.7 Å². The number of amides is 1. The first-order valence-corrected chi connectivity index (χ1v) is 7.11. The van der Waals surface area contributed by atoms with Crippen LogP contribution in [-0.4, -0.2) is 38.5 Å². The molecule has 0 fully saturated rings. The fourth-order valence-electron chi connectivity index (χ4n) is 1.98. The molecule has 2 rings (SSSR count). The van der Waals surface area contributed by atoms with Gasteiger partial charge < -0.3 is 10.4 Å². The number of carbonyl (C=O) groups excluding carboxylic acids is 1. The Morgan fingerprint density at radius 2 is 2.18 bits per heavy atom. The fourth-order valence-corrected chi connectivity index (χ4v) is 2.16. The maximum atomic E-state index is 12.1. The number of rotatable bonds is 6. The predicted molar refractivity (Wildman–Crippen MR) is 80.3 cm³/mol. The first-order chi connectivity index (χ1) is 10.5. The highest BCUT2D eigenvalue weighted by Gasteiger charge is 2.19. The van der Waals surface area contributed by atoms with E-state index in [-0.39, 0.29) is 18.7 Å². The van der Waals surface area contributed by atoms with Gasteiger partial charge >= 0.3 is 5.97 Å². The molecule has 0 radical (unpaired) electrons. The van der Waals surface area contributed by atoms with Crippen LogP contribution in [0.25, 0.3) is 5.69 Å². The van der Waals surface area contributed by atoms with Crippen LogP contribution in [-0.2, 0) is 11.2 Å². The lowest BCUT2D eigenvalue weighted by Crippen LogP contribution is -2.27. The van der Waals surface area contributed by atoms with Crippen molar-refractivity contribution in [2.45, 2.75) is 19.8 Å². The van der Waals surface area contributed by atoms with E-state index in [1.807, 2.05) is 13.0 Å². The molecule has 0 aliphatic carbocycles. The summed E-state index contributed by atoms with van der Waals surface area (Å²) in [6.07, 6.45) is 0.400. The van der Waals surface area contributed by atoms with Crippen LogP contribution in [0, 0.1) is 0 Å². The largest absolute Gasteiger partial charge is 0.481 e. The van der Waals surface area contributed by atoms with Crippen LogP contribution in [0.15, 0.2) is 24.3 Å². The van der Waals surface area contributed by atoms with Crippen LogP contribution in [0.5, 0.6) is 0 Å². The van der Waals surface area contributed by atoms with Crippen molar-refractivity contribution in [3.8, 4) is 5.69 Å². The number of aromatic nitrogens is 3. The molecule has 0 bridgehead atoms. The van der Waals surface area contributed by atoms with Crippen LogP contribution < -0.4 is 5.32 Å². The second-order valence-corrected chi connectivity index (χ2v) is 4.97. The molecular formula is C14H15ClN4O3. The Morgan fingerprint density at radius 1 is 1.41 bits per heavy atom. The SMILES string of the molecule is CCc1c(C(=O)NCCC(=O)O)nnn1-c1cccc(Cl)c1. The molecule has 0 atom stereocenters. The van der Waals surface area contributed by atoms with E-state index in [9.17, 15) is 9.59 Å². The summed E-state index contributed by atoms with van der Waals surface area (Å²) >= 11 is 5.96. The molecule has 0 unspecified atom stereocenters. The molecule has 1 aromatic carbocycles. The minimum Gasteiger partial charge on any atom is -0.481 e. The van der Waals surface area contributed by atoms with Crippen molar-refractivity contribution >= 4 is 23.5 Å². The van der Waals surface area contributed by atoms with E-state index in [0.29, 0.717) is 22.8 Å². The molecule has 22 heavy (non-hydrogen) atoms. The fraction of sp³-hybridized carbons (Fsp3) is 0.286. The Morgan fingerprint density at radius 3 is 2.82 bits per heavy atom. The van der Waals surface area contributed by atoms with Gasteiger partial charge in [0.05, 0.1) is 17.8 Å². The number of carboxylic acid groups (broad SMARTS) is 1. The van der Waals surface area contributed by atoms with Crippen LogP contribution in [0.4, 0.5) is 0 Å². The van der Waals surface area contributed by atoms with Gasteiger partial charge in [-0.15, -0.1) is 5.10 Å². The van der Waals surface area contributed by atoms with Crippen molar-refractivity contribution in [1.29, 1.82) is 0 Å². The molecule has 2 N–H and O–H groups in total. The number of hydrogen-bond acceptors (Lipinski definition) is 4. The minimum absolute atomic E-state index is 0.0430. The van der Waals surface area contributed by atoms with E-state index >= 15 is 0 Å². The zero-order valence-corrected chi connectivity index (χ0v) is 12.7. The molecule has 1 aromatic heterocycles. The molecule has 1 heterocycles. The van der Waals surface area contributed by atoms with E-state index in [1.54, 1.807) is 22.9 Å². The quantitative estimate of drug-likeness (QED) is 0.843. The van der Waals surface area contributed by atoms with Crippen LogP contribution in [0.3, 0.4) is 0 Å². The van der Waals surface area contributed by atoms with Gasteiger partial charge in [-0.2, -0.15) is 0 Å². The summed E-state index contributed by atoms with van der Waals surface area (Å²) in [5.41, 5.74) is 1.53. The van der Waals surface area contributed by atoms with E-state index in [0.717, 1.165) is 0 Å². The molecular weight excluding hydrogens is 308 g/mol. The summed E-state index contributed by atoms with van der Waals surface area (Å²) in [6, 6.07) is 7.06. The monoisotopic (exact) mass is 322 g/mol. The summed E-state index contributed by atoms with van der Waals surface area (Å²) in [7, 11) is 0. The van der Waals surface area contributed by atoms with Crippen LogP contribution in [0.2, 0.25) is 5.02 Å². The number of nitrogens with zero attached hydrogens (tertiary/aromatic N) is 3. The first-order valence-electron chi connectivity index (χ1n) is 6.73. The number of nitrogens with one attached hydrogen (secondary N) is 1. The maximum Gasteiger partial charge on any atom is 0.305 e. The number of aliphatic carboxylic acids is 1. The van der Waals surface area contributed by atoms with Gasteiger partial charge in [0.25, 0.3) is 5.91 Å². The van der Waals surface area contributed by atoms with Gasteiger partial charge in [0.2, 0.25) is 0 Å². The maximum absolute atomic E-state index is 12.1. The third-order valence-electron chi connectivity index (χ3n) is 2.99. The molecule has 0 aliphatic heterocycles. The molecule has 0 saturated carbocycles. The average Bonchev–Trinajstić information content (AvgIpc) is 2.90. The summed E-state index contributed by atoms with van der Waals surface area (Å²) in [5, 5.41) is 19.6. The third kappa shape index (κ3) is 3.62. The summed E-state index contributed by atoms with van der Waals surface area (Å²) in [5.74, 6) is -1.41. The van der Waals surface area contributed by atoms with Gasteiger partial charge in [-0.05, 0) is 24.6 Å². The van der Waals surface area contributed by atoms with Gasteiger partial charge in [0, 0.05) is 11.6 Å². The lowest BCUT2D eigenvalue weighted by atomic mass is 10.2. The number of carboxylic acids is 1. The van der Waals surface area contributed by atoms with Crippen molar-refractivity contribution in [3.63, 3.8) is 0 Å². The van der Waals surface area contributed by atoms with E-state index in [4.69, 9.17) is 16.7 Å². The van der Waals surface area contributed by atoms with E-state index < -0.39 is 11.9 Å². The third-order valence-corrected chi connectivity index (χ3v) is 3.23. The topological polar surface area (TPSA) is 97.1 Å². The van der Waals surface area contributed by atoms with E-state index in [2.05, 4.69) is 15.6 Å². The van der Waals surface area contributed by atoms with Crippen molar-refractivity contribution in [3.05, 3.63) is 40.7 Å². The molecule has 2 aromatic rings. The normalized spacial score (nSPS) is 10.5. The lowest BCUT2D eigenvalue weighted by molar-refractivity contribution is -0.136. The van der Waals surface area contributed by atoms with E-state index in [1.165, 1.54) is 0 Å². The molecule has 1 amide bonds. The van der Waals surface area contributed by atoms with Crippen LogP contribution in [0.1, 0.15) is 29.5 Å². The van der Waals surface area contributed by atoms with Gasteiger partial charge in [0.15, 0.2) is 5.69 Å². The van der Waals surface area contributed by atoms with Crippen molar-refractivity contribution in [2.75, 3.05) is 6.54 Å². The number of halogens is 1. The van der Waals surface area contributed by atoms with Gasteiger partial charge in [0.1, 0.15) is 0 Å². The number of hydrogen-bond donors (Lipinski definition) is 2. The van der Waals surface area contributed by atoms with Crippen molar-refractivity contribution in [2.24, 2.45) is 0 Å². The smallest absolute Gasteiger partial charge is 0.305 e. The highest BCUT2D eigenvalue weighted by Crippen LogP contribution is 2.17. The number of carbonyl (C=O) groups is 2. The first kappa shape index (κ1) is 16.0. The highest BCUT2D eigenvalue weighted by atomic mass is 35.5. The van der Waals surface area contributed by atoms with Gasteiger partial charge in [-0.25, -0.2) is 4.68 Å². The van der Waals surface area contributed by atoms with Gasteiger partial charge in [-0.1, -0.05) is 29.8 Å². The summed E-state index contributed by atoms with van der Waals surface area (Å²) < 4.78 is 1.55. The minimum atomic E-state index is -0.974. The molecule has 0 saturated heterocycles. The van der Waals surface area contributed by atoms with Crippen LogP contribution >= 0.6 is 11.6 Å². The van der Waals surface area contributed by atoms with Gasteiger partial charge in [-0.3, -0.25) is 9.59 Å². The Labute approximate surface area is 131 Å². The lowest BCUT2D eigenvalue weighted by Gasteiger charge is -2.06. The highest BCUT2D eigenvalue weighted by molar-refractivity contribution is 6.30. The summed E-state index contributed by atoms with van der Waals surface area (Å²) in [6.45, 7) is 1.93. The molecule has 0 spiro atoms. The number of benzene rings is 1.